The summed E-state index contributed by atoms with van der Waals surface area (Å²) >= 11 is 5.21. The summed E-state index contributed by atoms with van der Waals surface area (Å²) in [5.41, 5.74) is 6.29. The summed E-state index contributed by atoms with van der Waals surface area (Å²) in [5, 5.41) is 9.06. The van der Waals surface area contributed by atoms with Gasteiger partial charge in [0.05, 0.1) is 17.3 Å². The third-order valence-corrected chi connectivity index (χ3v) is 11.3. The number of benzene rings is 4. The van der Waals surface area contributed by atoms with E-state index >= 15 is 0 Å². The van der Waals surface area contributed by atoms with Gasteiger partial charge in [-0.25, -0.2) is 23.2 Å². The predicted molar refractivity (Wildman–Crippen MR) is 193 cm³/mol. The first kappa shape index (κ1) is 36.5. The number of sulfone groups is 1. The quantitative estimate of drug-likeness (QED) is 0.0880. The van der Waals surface area contributed by atoms with Gasteiger partial charge in [0.1, 0.15) is 11.6 Å². The number of halogens is 2. The van der Waals surface area contributed by atoms with E-state index in [1.807, 2.05) is 24.3 Å². The molecule has 1 heterocycles. The molecule has 258 valence electrons. The van der Waals surface area contributed by atoms with Gasteiger partial charge in [0.2, 0.25) is 5.90 Å². The van der Waals surface area contributed by atoms with Gasteiger partial charge < -0.3 is 14.6 Å². The molecule has 1 aliphatic rings. The highest BCUT2D eigenvalue weighted by atomic mass is 79.9. The van der Waals surface area contributed by atoms with Gasteiger partial charge in [-0.3, -0.25) is 10.2 Å². The SMILES string of the molecule is O=C(NNCCSCc1ccc(F)cc1)[C@@]1(CCS(=O)(=O)c2ccccc2)N=C(c2ccc(OCCCO)cc2)O[C@H]1c1ccccc1Br. The van der Waals surface area contributed by atoms with Crippen LogP contribution in [0, 0.1) is 5.82 Å². The van der Waals surface area contributed by atoms with Crippen molar-refractivity contribution in [3.8, 4) is 5.75 Å². The van der Waals surface area contributed by atoms with Crippen molar-refractivity contribution < 1.29 is 32.2 Å². The minimum atomic E-state index is -3.79. The van der Waals surface area contributed by atoms with E-state index in [4.69, 9.17) is 19.6 Å². The van der Waals surface area contributed by atoms with Crippen LogP contribution < -0.4 is 15.6 Å². The van der Waals surface area contributed by atoms with Gasteiger partial charge in [-0.2, -0.15) is 11.8 Å². The van der Waals surface area contributed by atoms with E-state index in [2.05, 4.69) is 26.8 Å². The molecule has 5 rings (SSSR count). The van der Waals surface area contributed by atoms with Crippen molar-refractivity contribution in [1.82, 2.24) is 10.9 Å². The van der Waals surface area contributed by atoms with E-state index in [1.54, 1.807) is 66.4 Å². The van der Waals surface area contributed by atoms with Crippen LogP contribution in [-0.2, 0) is 25.1 Å². The van der Waals surface area contributed by atoms with E-state index in [0.29, 0.717) is 52.4 Å². The molecule has 4 aromatic carbocycles. The molecule has 9 nitrogen and oxygen atoms in total. The van der Waals surface area contributed by atoms with Crippen molar-refractivity contribution in [2.75, 3.05) is 31.3 Å². The molecular weight excluding hydrogens is 733 g/mol. The fraction of sp³-hybridized carbons (Fsp3) is 0.278. The van der Waals surface area contributed by atoms with Crippen LogP contribution in [0.1, 0.15) is 35.6 Å². The van der Waals surface area contributed by atoms with Crippen LogP contribution in [0.25, 0.3) is 0 Å². The normalized spacial score (nSPS) is 17.3. The molecule has 0 radical (unpaired) electrons. The number of amides is 1. The third kappa shape index (κ3) is 9.49. The minimum absolute atomic E-state index is 0.0208. The second-order valence-corrected chi connectivity index (χ2v) is 15.3. The number of rotatable bonds is 17. The first-order chi connectivity index (χ1) is 23.7. The van der Waals surface area contributed by atoms with E-state index in [0.717, 1.165) is 5.56 Å². The van der Waals surface area contributed by atoms with Crippen LogP contribution in [-0.4, -0.2) is 62.1 Å². The van der Waals surface area contributed by atoms with E-state index in [1.165, 1.54) is 24.3 Å². The van der Waals surface area contributed by atoms with Crippen molar-refractivity contribution >= 4 is 49.3 Å². The molecule has 4 aromatic rings. The third-order valence-electron chi connectivity index (χ3n) is 7.83. The van der Waals surface area contributed by atoms with Crippen molar-refractivity contribution in [2.24, 2.45) is 4.99 Å². The van der Waals surface area contributed by atoms with Gasteiger partial charge in [0.25, 0.3) is 5.91 Å². The van der Waals surface area contributed by atoms with Crippen molar-refractivity contribution in [3.63, 3.8) is 0 Å². The van der Waals surface area contributed by atoms with E-state index in [-0.39, 0.29) is 35.4 Å². The number of thioether (sulfide) groups is 1. The number of carbonyl (C=O) groups excluding carboxylic acids is 1. The molecule has 0 saturated heterocycles. The first-order valence-corrected chi connectivity index (χ1v) is 19.3. The molecule has 0 fully saturated rings. The second kappa shape index (κ2) is 17.3. The molecule has 13 heteroatoms. The van der Waals surface area contributed by atoms with Crippen molar-refractivity contribution in [3.05, 3.63) is 130 Å². The largest absolute Gasteiger partial charge is 0.494 e. The Kier molecular flexibility index (Phi) is 12.9. The monoisotopic (exact) mass is 769 g/mol. The lowest BCUT2D eigenvalue weighted by Crippen LogP contribution is -2.53. The topological polar surface area (TPSA) is 126 Å². The fourth-order valence-corrected chi connectivity index (χ4v) is 7.91. The summed E-state index contributed by atoms with van der Waals surface area (Å²) in [6, 6.07) is 28.8. The molecule has 0 bridgehead atoms. The molecule has 0 aromatic heterocycles. The second-order valence-electron chi connectivity index (χ2n) is 11.3. The number of ether oxygens (including phenoxy) is 2. The predicted octanol–water partition coefficient (Wildman–Crippen LogP) is 6.02. The number of aliphatic imine (C=N–C) groups is 1. The Morgan fingerprint density at radius 1 is 1.00 bits per heavy atom. The number of nitrogens with one attached hydrogen (secondary N) is 2. The Bertz CT molecular complexity index is 1830. The highest BCUT2D eigenvalue weighted by Crippen LogP contribution is 2.45. The van der Waals surface area contributed by atoms with Gasteiger partial charge >= 0.3 is 0 Å². The summed E-state index contributed by atoms with van der Waals surface area (Å²) in [5.74, 6) is 0.899. The first-order valence-electron chi connectivity index (χ1n) is 15.7. The van der Waals surface area contributed by atoms with Crippen LogP contribution in [0.2, 0.25) is 0 Å². The molecule has 3 N–H and O–H groups in total. The summed E-state index contributed by atoms with van der Waals surface area (Å²) in [4.78, 5) is 19.4. The van der Waals surface area contributed by atoms with Crippen LogP contribution in [0.15, 0.2) is 117 Å². The average molecular weight is 771 g/mol. The maximum absolute atomic E-state index is 14.3. The van der Waals surface area contributed by atoms with Crippen LogP contribution in [0.4, 0.5) is 4.39 Å². The lowest BCUT2D eigenvalue weighted by atomic mass is 9.85. The van der Waals surface area contributed by atoms with Crippen LogP contribution in [0.3, 0.4) is 0 Å². The Morgan fingerprint density at radius 3 is 2.43 bits per heavy atom. The molecule has 0 spiro atoms. The maximum Gasteiger partial charge on any atom is 0.266 e. The number of aliphatic hydroxyl groups is 1. The molecule has 0 aliphatic carbocycles. The zero-order valence-electron chi connectivity index (χ0n) is 26.6. The summed E-state index contributed by atoms with van der Waals surface area (Å²) < 4.78 is 53.1. The number of hydrazine groups is 1. The molecule has 2 atom stereocenters. The highest BCUT2D eigenvalue weighted by Gasteiger charge is 2.54. The fourth-order valence-electron chi connectivity index (χ4n) is 5.22. The Balaban J connectivity index is 1.41. The average Bonchev–Trinajstić information content (AvgIpc) is 3.51. The van der Waals surface area contributed by atoms with E-state index < -0.39 is 27.4 Å². The van der Waals surface area contributed by atoms with Crippen molar-refractivity contribution in [1.29, 1.82) is 0 Å². The lowest BCUT2D eigenvalue weighted by Gasteiger charge is -2.31. The number of hydrogen-bond donors (Lipinski definition) is 3. The van der Waals surface area contributed by atoms with E-state index in [9.17, 15) is 17.6 Å². The highest BCUT2D eigenvalue weighted by molar-refractivity contribution is 9.10. The van der Waals surface area contributed by atoms with Gasteiger partial charge in [-0.05, 0) is 60.2 Å². The lowest BCUT2D eigenvalue weighted by molar-refractivity contribution is -0.130. The Morgan fingerprint density at radius 2 is 1.71 bits per heavy atom. The number of hydrogen-bond acceptors (Lipinski definition) is 9. The molecule has 0 saturated carbocycles. The molecule has 0 unspecified atom stereocenters. The van der Waals surface area contributed by atoms with Gasteiger partial charge in [-0.1, -0.05) is 64.5 Å². The summed E-state index contributed by atoms with van der Waals surface area (Å²) in [7, 11) is -3.79. The summed E-state index contributed by atoms with van der Waals surface area (Å²) in [6.45, 7) is 0.784. The zero-order chi connectivity index (χ0) is 34.7. The Hall–Kier alpha value is -3.75. The number of aliphatic hydroxyl groups excluding tert-OH is 1. The zero-order valence-corrected chi connectivity index (χ0v) is 29.8. The maximum atomic E-state index is 14.3. The van der Waals surface area contributed by atoms with Gasteiger partial charge in [0.15, 0.2) is 21.5 Å². The standard InChI is InChI=1S/C36H37BrFN3O6S2/c37-32-10-5-4-9-31(32)33-36(19-24-49(44,45)30-7-2-1-3-8-30,35(43)41-39-20-23-48-25-26-11-15-28(38)16-12-26)40-34(47-33)27-13-17-29(18-14-27)46-22-6-21-42/h1-5,7-18,33,39,42H,6,19-25H2,(H,41,43)/t33-,36-/m0/s1. The van der Waals surface area contributed by atoms with Gasteiger partial charge in [-0.15, -0.1) is 0 Å². The number of nitrogens with zero attached hydrogens (tertiary/aromatic N) is 1. The Labute approximate surface area is 298 Å². The molecular formula is C36H37BrFN3O6S2. The molecule has 49 heavy (non-hydrogen) atoms. The number of carbonyl (C=O) groups is 1. The van der Waals surface area contributed by atoms with Crippen LogP contribution >= 0.6 is 27.7 Å². The van der Waals surface area contributed by atoms with Crippen LogP contribution in [0.5, 0.6) is 5.75 Å². The van der Waals surface area contributed by atoms with Gasteiger partial charge in [0, 0.05) is 53.1 Å². The van der Waals surface area contributed by atoms with Crippen molar-refractivity contribution in [2.45, 2.75) is 35.1 Å². The molecule has 1 aliphatic heterocycles. The summed E-state index contributed by atoms with van der Waals surface area (Å²) in [6.07, 6.45) is -0.649. The smallest absolute Gasteiger partial charge is 0.266 e. The molecule has 1 amide bonds. The minimum Gasteiger partial charge on any atom is -0.494 e.